The molecule has 0 saturated carbocycles. The van der Waals surface area contributed by atoms with Gasteiger partial charge in [0.2, 0.25) is 11.8 Å². The Labute approximate surface area is 102 Å². The van der Waals surface area contributed by atoms with Crippen molar-refractivity contribution in [1.82, 2.24) is 20.5 Å². The van der Waals surface area contributed by atoms with Crippen LogP contribution in [-0.4, -0.2) is 21.1 Å². The number of hydrogen-bond donors (Lipinski definition) is 3. The molecule has 0 fully saturated rings. The van der Waals surface area contributed by atoms with Crippen molar-refractivity contribution in [1.29, 1.82) is 0 Å². The van der Waals surface area contributed by atoms with Crippen LogP contribution < -0.4 is 11.1 Å². The minimum atomic E-state index is -0.448. The number of nitrogens with zero attached hydrogens (tertiary/aromatic N) is 2. The summed E-state index contributed by atoms with van der Waals surface area (Å²) in [6.07, 6.45) is 0. The van der Waals surface area contributed by atoms with E-state index in [2.05, 4.69) is 20.5 Å². The van der Waals surface area contributed by atoms with Gasteiger partial charge in [0, 0.05) is 0 Å². The summed E-state index contributed by atoms with van der Waals surface area (Å²) in [5.74, 6) is -0.775. The lowest BCUT2D eigenvalue weighted by Gasteiger charge is -2.13. The summed E-state index contributed by atoms with van der Waals surface area (Å²) < 4.78 is 13.0. The highest BCUT2D eigenvalue weighted by Crippen LogP contribution is 2.13. The molecule has 1 heterocycles. The number of amides is 1. The summed E-state index contributed by atoms with van der Waals surface area (Å²) in [5.41, 5.74) is 5.96. The second-order valence-electron chi connectivity index (χ2n) is 3.79. The second-order valence-corrected chi connectivity index (χ2v) is 3.79. The lowest BCUT2D eigenvalue weighted by molar-refractivity contribution is 0.0929. The minimum absolute atomic E-state index is 0.00133. The highest BCUT2D eigenvalue weighted by atomic mass is 19.1. The Morgan fingerprint density at radius 1 is 1.56 bits per heavy atom. The van der Waals surface area contributed by atoms with Gasteiger partial charge in [0.25, 0.3) is 5.91 Å². The van der Waals surface area contributed by atoms with Crippen molar-refractivity contribution in [3.05, 3.63) is 41.5 Å². The molecule has 0 radical (unpaired) electrons. The molecule has 6 nitrogen and oxygen atoms in total. The zero-order chi connectivity index (χ0) is 13.1. The van der Waals surface area contributed by atoms with Crippen LogP contribution in [0.1, 0.15) is 29.1 Å². The quantitative estimate of drug-likeness (QED) is 0.756. The summed E-state index contributed by atoms with van der Waals surface area (Å²) in [6, 6.07) is 5.66. The molecule has 1 aromatic carbocycles. The van der Waals surface area contributed by atoms with E-state index in [9.17, 15) is 9.18 Å². The van der Waals surface area contributed by atoms with Gasteiger partial charge in [-0.1, -0.05) is 12.1 Å². The van der Waals surface area contributed by atoms with E-state index in [4.69, 9.17) is 5.73 Å². The first-order chi connectivity index (χ1) is 8.56. The van der Waals surface area contributed by atoms with Crippen LogP contribution in [0, 0.1) is 5.82 Å². The Hall–Kier alpha value is -2.44. The van der Waals surface area contributed by atoms with Crippen LogP contribution in [0.25, 0.3) is 0 Å². The van der Waals surface area contributed by atoms with Gasteiger partial charge in [-0.3, -0.25) is 9.89 Å². The van der Waals surface area contributed by atoms with E-state index >= 15 is 0 Å². The van der Waals surface area contributed by atoms with Gasteiger partial charge >= 0.3 is 0 Å². The molecule has 1 amide bonds. The van der Waals surface area contributed by atoms with E-state index in [0.717, 1.165) is 0 Å². The topological polar surface area (TPSA) is 96.7 Å². The van der Waals surface area contributed by atoms with E-state index in [1.807, 2.05) is 0 Å². The number of aromatic nitrogens is 3. The number of carbonyl (C=O) groups excluding carboxylic acids is 1. The van der Waals surface area contributed by atoms with Crippen molar-refractivity contribution >= 4 is 11.9 Å². The number of nitrogen functional groups attached to an aromatic ring is 1. The SMILES string of the molecule is C[C@H](NC(=O)c1nc(N)n[nH]1)c1cccc(F)c1. The molecule has 4 N–H and O–H groups in total. The molecule has 2 rings (SSSR count). The normalized spacial score (nSPS) is 12.1. The minimum Gasteiger partial charge on any atom is -0.366 e. The number of aromatic amines is 1. The molecule has 2 aromatic rings. The maximum atomic E-state index is 13.0. The van der Waals surface area contributed by atoms with Gasteiger partial charge in [-0.15, -0.1) is 5.10 Å². The smallest absolute Gasteiger partial charge is 0.289 e. The summed E-state index contributed by atoms with van der Waals surface area (Å²) in [6.45, 7) is 1.74. The van der Waals surface area contributed by atoms with Gasteiger partial charge in [0.05, 0.1) is 6.04 Å². The maximum Gasteiger partial charge on any atom is 0.289 e. The number of hydrogen-bond acceptors (Lipinski definition) is 4. The third kappa shape index (κ3) is 2.62. The molecular weight excluding hydrogens is 237 g/mol. The Bertz CT molecular complexity index is 568. The summed E-state index contributed by atoms with van der Waals surface area (Å²) >= 11 is 0. The number of rotatable bonds is 3. The van der Waals surface area contributed by atoms with Crippen molar-refractivity contribution in [2.75, 3.05) is 5.73 Å². The predicted molar refractivity (Wildman–Crippen MR) is 63.1 cm³/mol. The van der Waals surface area contributed by atoms with Crippen molar-refractivity contribution in [3.8, 4) is 0 Å². The monoisotopic (exact) mass is 249 g/mol. The standard InChI is InChI=1S/C11H12FN5O/c1-6(7-3-2-4-8(12)5-7)14-10(18)9-15-11(13)17-16-9/h2-6H,1H3,(H,14,18)(H3,13,15,16,17)/t6-/m0/s1. The molecule has 1 atom stereocenters. The Morgan fingerprint density at radius 2 is 2.33 bits per heavy atom. The van der Waals surface area contributed by atoms with Gasteiger partial charge in [-0.05, 0) is 24.6 Å². The molecule has 0 bridgehead atoms. The van der Waals surface area contributed by atoms with Crippen LogP contribution >= 0.6 is 0 Å². The Morgan fingerprint density at radius 3 is 2.94 bits per heavy atom. The van der Waals surface area contributed by atoms with Gasteiger partial charge in [-0.2, -0.15) is 4.98 Å². The van der Waals surface area contributed by atoms with Crippen molar-refractivity contribution in [2.24, 2.45) is 0 Å². The molecule has 0 aliphatic carbocycles. The first kappa shape index (κ1) is 12.0. The van der Waals surface area contributed by atoms with Crippen molar-refractivity contribution < 1.29 is 9.18 Å². The van der Waals surface area contributed by atoms with E-state index in [-0.39, 0.29) is 23.6 Å². The van der Waals surface area contributed by atoms with E-state index in [1.54, 1.807) is 19.1 Å². The van der Waals surface area contributed by atoms with Crippen LogP contribution in [0.2, 0.25) is 0 Å². The number of benzene rings is 1. The van der Waals surface area contributed by atoms with E-state index < -0.39 is 5.91 Å². The first-order valence-electron chi connectivity index (χ1n) is 5.30. The van der Waals surface area contributed by atoms with Crippen molar-refractivity contribution in [3.63, 3.8) is 0 Å². The fourth-order valence-corrected chi connectivity index (χ4v) is 1.50. The zero-order valence-electron chi connectivity index (χ0n) is 9.64. The lowest BCUT2D eigenvalue weighted by Crippen LogP contribution is -2.27. The molecule has 18 heavy (non-hydrogen) atoms. The van der Waals surface area contributed by atoms with Gasteiger partial charge in [0.15, 0.2) is 0 Å². The molecule has 1 aromatic heterocycles. The molecule has 94 valence electrons. The van der Waals surface area contributed by atoms with Crippen molar-refractivity contribution in [2.45, 2.75) is 13.0 Å². The molecule has 0 aliphatic rings. The number of anilines is 1. The van der Waals surface area contributed by atoms with Crippen LogP contribution in [0.5, 0.6) is 0 Å². The average Bonchev–Trinajstić information content (AvgIpc) is 2.76. The predicted octanol–water partition coefficient (Wildman–Crippen LogP) is 1.02. The fourth-order valence-electron chi connectivity index (χ4n) is 1.50. The second kappa shape index (κ2) is 4.82. The lowest BCUT2D eigenvalue weighted by atomic mass is 10.1. The van der Waals surface area contributed by atoms with Crippen LogP contribution in [0.4, 0.5) is 10.3 Å². The maximum absolute atomic E-state index is 13.0. The molecule has 0 unspecified atom stereocenters. The van der Waals surface area contributed by atoms with Crippen LogP contribution in [0.3, 0.4) is 0 Å². The number of nitrogens with two attached hydrogens (primary N) is 1. The largest absolute Gasteiger partial charge is 0.366 e. The van der Waals surface area contributed by atoms with Gasteiger partial charge < -0.3 is 11.1 Å². The summed E-state index contributed by atoms with van der Waals surface area (Å²) in [7, 11) is 0. The highest BCUT2D eigenvalue weighted by molar-refractivity contribution is 5.90. The number of H-pyrrole nitrogens is 1. The zero-order valence-corrected chi connectivity index (χ0v) is 9.64. The number of nitrogens with one attached hydrogen (secondary N) is 2. The van der Waals surface area contributed by atoms with E-state index in [1.165, 1.54) is 12.1 Å². The molecule has 0 aliphatic heterocycles. The molecular formula is C11H12FN5O. The van der Waals surface area contributed by atoms with Gasteiger partial charge in [-0.25, -0.2) is 4.39 Å². The van der Waals surface area contributed by atoms with Crippen LogP contribution in [-0.2, 0) is 0 Å². The average molecular weight is 249 g/mol. The Balaban J connectivity index is 2.07. The molecule has 0 saturated heterocycles. The third-order valence-electron chi connectivity index (χ3n) is 2.41. The number of carbonyl (C=O) groups is 1. The third-order valence-corrected chi connectivity index (χ3v) is 2.41. The van der Waals surface area contributed by atoms with Gasteiger partial charge in [0.1, 0.15) is 5.82 Å². The molecule has 0 spiro atoms. The summed E-state index contributed by atoms with van der Waals surface area (Å²) in [5, 5.41) is 8.61. The summed E-state index contributed by atoms with van der Waals surface area (Å²) in [4.78, 5) is 15.4. The number of halogens is 1. The fraction of sp³-hybridized carbons (Fsp3) is 0.182. The molecule has 7 heteroatoms. The highest BCUT2D eigenvalue weighted by Gasteiger charge is 2.14. The van der Waals surface area contributed by atoms with E-state index in [0.29, 0.717) is 5.56 Å². The Kier molecular flexibility index (Phi) is 3.22. The first-order valence-corrected chi connectivity index (χ1v) is 5.30. The van der Waals surface area contributed by atoms with Crippen LogP contribution in [0.15, 0.2) is 24.3 Å².